The number of alkyl carbamates (subject to hydrolysis) is 1. The van der Waals surface area contributed by atoms with Crippen molar-refractivity contribution < 1.29 is 9.53 Å². The molecule has 2 aromatic heterocycles. The number of hydrogen-bond donors (Lipinski definition) is 1. The second-order valence-electron chi connectivity index (χ2n) is 7.39. The van der Waals surface area contributed by atoms with Crippen molar-refractivity contribution in [2.45, 2.75) is 31.7 Å². The number of carbonyl (C=O) groups excluding carboxylic acids is 1. The van der Waals surface area contributed by atoms with Crippen molar-refractivity contribution in [1.82, 2.24) is 19.4 Å². The van der Waals surface area contributed by atoms with Crippen LogP contribution in [-0.4, -0.2) is 33.9 Å². The number of aromatic nitrogens is 3. The van der Waals surface area contributed by atoms with Gasteiger partial charge in [0.1, 0.15) is 0 Å². The SMILES string of the molecule is CNC(=O)OC[C@H]1CC[C@H](n2c(=O)n(C)c3cnc4ccc(Br)cc4c32)CC1. The molecule has 28 heavy (non-hydrogen) atoms. The molecule has 1 aliphatic carbocycles. The maximum Gasteiger partial charge on any atom is 0.406 e. The van der Waals surface area contributed by atoms with Crippen LogP contribution in [0.2, 0.25) is 0 Å². The van der Waals surface area contributed by atoms with Crippen LogP contribution in [0.25, 0.3) is 21.9 Å². The topological polar surface area (TPSA) is 78.1 Å². The van der Waals surface area contributed by atoms with Crippen molar-refractivity contribution in [2.24, 2.45) is 13.0 Å². The molecule has 0 spiro atoms. The van der Waals surface area contributed by atoms with Crippen molar-refractivity contribution >= 4 is 44.0 Å². The van der Waals surface area contributed by atoms with Crippen LogP contribution in [-0.2, 0) is 11.8 Å². The zero-order valence-electron chi connectivity index (χ0n) is 15.9. The highest BCUT2D eigenvalue weighted by molar-refractivity contribution is 9.10. The molecule has 0 atom stereocenters. The van der Waals surface area contributed by atoms with Gasteiger partial charge >= 0.3 is 11.8 Å². The molecule has 148 valence electrons. The van der Waals surface area contributed by atoms with Gasteiger partial charge in [-0.05, 0) is 49.8 Å². The first-order valence-electron chi connectivity index (χ1n) is 9.49. The van der Waals surface area contributed by atoms with Crippen LogP contribution in [0.15, 0.2) is 33.7 Å². The average Bonchev–Trinajstić information content (AvgIpc) is 2.97. The average molecular weight is 447 g/mol. The minimum atomic E-state index is -0.392. The van der Waals surface area contributed by atoms with Crippen LogP contribution in [0.1, 0.15) is 31.7 Å². The molecule has 3 aromatic rings. The molecule has 1 aliphatic rings. The highest BCUT2D eigenvalue weighted by Gasteiger charge is 2.27. The van der Waals surface area contributed by atoms with Gasteiger partial charge in [0.05, 0.1) is 29.4 Å². The minimum Gasteiger partial charge on any atom is -0.449 e. The number of aryl methyl sites for hydroxylation is 1. The highest BCUT2D eigenvalue weighted by atomic mass is 79.9. The quantitative estimate of drug-likeness (QED) is 0.664. The Morgan fingerprint density at radius 1 is 1.32 bits per heavy atom. The van der Waals surface area contributed by atoms with Crippen LogP contribution >= 0.6 is 15.9 Å². The number of fused-ring (bicyclic) bond motifs is 3. The number of ether oxygens (including phenoxy) is 1. The van der Waals surface area contributed by atoms with E-state index in [0.717, 1.165) is 52.1 Å². The predicted molar refractivity (Wildman–Crippen MR) is 112 cm³/mol. The number of pyridine rings is 1. The molecule has 0 aliphatic heterocycles. The molecule has 0 unspecified atom stereocenters. The molecule has 8 heteroatoms. The molecule has 2 heterocycles. The summed E-state index contributed by atoms with van der Waals surface area (Å²) in [7, 11) is 3.36. The molecule has 1 saturated carbocycles. The number of halogens is 1. The van der Waals surface area contributed by atoms with E-state index in [1.54, 1.807) is 24.9 Å². The third-order valence-electron chi connectivity index (χ3n) is 5.71. The van der Waals surface area contributed by atoms with Gasteiger partial charge in [-0.3, -0.25) is 14.1 Å². The summed E-state index contributed by atoms with van der Waals surface area (Å²) in [6.45, 7) is 0.427. The fourth-order valence-corrected chi connectivity index (χ4v) is 4.53. The number of hydrogen-bond acceptors (Lipinski definition) is 4. The van der Waals surface area contributed by atoms with E-state index in [1.807, 2.05) is 22.8 Å². The summed E-state index contributed by atoms with van der Waals surface area (Å²) >= 11 is 3.54. The Morgan fingerprint density at radius 2 is 2.07 bits per heavy atom. The van der Waals surface area contributed by atoms with Crippen LogP contribution in [0.3, 0.4) is 0 Å². The van der Waals surface area contributed by atoms with E-state index in [9.17, 15) is 9.59 Å². The van der Waals surface area contributed by atoms with Gasteiger partial charge in [0.2, 0.25) is 0 Å². The van der Waals surface area contributed by atoms with Crippen LogP contribution in [0.4, 0.5) is 4.79 Å². The molecular formula is C20H23BrN4O3. The van der Waals surface area contributed by atoms with Crippen molar-refractivity contribution in [2.75, 3.05) is 13.7 Å². The first-order valence-corrected chi connectivity index (χ1v) is 10.3. The lowest BCUT2D eigenvalue weighted by Crippen LogP contribution is -2.30. The molecule has 1 fully saturated rings. The molecule has 0 bridgehead atoms. The Morgan fingerprint density at radius 3 is 2.79 bits per heavy atom. The van der Waals surface area contributed by atoms with Gasteiger partial charge in [0.15, 0.2) is 0 Å². The van der Waals surface area contributed by atoms with Crippen LogP contribution in [0.5, 0.6) is 0 Å². The maximum absolute atomic E-state index is 13.1. The van der Waals surface area contributed by atoms with Gasteiger partial charge in [0.25, 0.3) is 0 Å². The number of imidazole rings is 1. The maximum atomic E-state index is 13.1. The van der Waals surface area contributed by atoms with Gasteiger partial charge in [0, 0.05) is 30.0 Å². The summed E-state index contributed by atoms with van der Waals surface area (Å²) in [4.78, 5) is 28.9. The largest absolute Gasteiger partial charge is 0.449 e. The Bertz CT molecular complexity index is 1100. The molecule has 0 radical (unpaired) electrons. The van der Waals surface area contributed by atoms with E-state index < -0.39 is 6.09 Å². The Balaban J connectivity index is 1.68. The second-order valence-corrected chi connectivity index (χ2v) is 8.30. The van der Waals surface area contributed by atoms with Gasteiger partial charge < -0.3 is 10.1 Å². The number of amides is 1. The van der Waals surface area contributed by atoms with E-state index in [-0.39, 0.29) is 11.7 Å². The smallest absolute Gasteiger partial charge is 0.406 e. The van der Waals surface area contributed by atoms with E-state index in [2.05, 4.69) is 26.2 Å². The second kappa shape index (κ2) is 7.58. The standard InChI is InChI=1S/C20H23BrN4O3/c1-22-19(26)28-11-12-3-6-14(7-4-12)25-18-15-9-13(21)5-8-16(15)23-10-17(18)24(2)20(25)27/h5,8-10,12,14H,3-4,6-7,11H2,1-2H3,(H,22,26)/t12-,14-. The number of nitrogens with one attached hydrogen (secondary N) is 1. The number of nitrogens with zero attached hydrogens (tertiary/aromatic N) is 3. The summed E-state index contributed by atoms with van der Waals surface area (Å²) < 4.78 is 9.80. The zero-order valence-corrected chi connectivity index (χ0v) is 17.5. The van der Waals surface area contributed by atoms with Gasteiger partial charge in [-0.1, -0.05) is 15.9 Å². The molecule has 1 aromatic carbocycles. The fourth-order valence-electron chi connectivity index (χ4n) is 4.17. The van der Waals surface area contributed by atoms with E-state index in [4.69, 9.17) is 4.74 Å². The predicted octanol–water partition coefficient (Wildman–Crippen LogP) is 3.74. The van der Waals surface area contributed by atoms with Gasteiger partial charge in [-0.25, -0.2) is 9.59 Å². The highest BCUT2D eigenvalue weighted by Crippen LogP contribution is 2.35. The van der Waals surface area contributed by atoms with Crippen LogP contribution < -0.4 is 11.0 Å². The molecule has 7 nitrogen and oxygen atoms in total. The summed E-state index contributed by atoms with van der Waals surface area (Å²) in [6, 6.07) is 6.10. The number of benzene rings is 1. The van der Waals surface area contributed by atoms with E-state index >= 15 is 0 Å². The van der Waals surface area contributed by atoms with Crippen molar-refractivity contribution in [3.05, 3.63) is 39.4 Å². The van der Waals surface area contributed by atoms with Crippen molar-refractivity contribution in [3.8, 4) is 0 Å². The summed E-state index contributed by atoms with van der Waals surface area (Å²) in [5, 5.41) is 3.45. The fraction of sp³-hybridized carbons (Fsp3) is 0.450. The molecule has 0 saturated heterocycles. The minimum absolute atomic E-state index is 0.00524. The Labute approximate surface area is 170 Å². The normalized spacial score (nSPS) is 19.8. The summed E-state index contributed by atoms with van der Waals surface area (Å²) in [5.74, 6) is 0.340. The number of carbonyl (C=O) groups is 1. The zero-order chi connectivity index (χ0) is 19.8. The van der Waals surface area contributed by atoms with Crippen molar-refractivity contribution in [1.29, 1.82) is 0 Å². The van der Waals surface area contributed by atoms with E-state index in [0.29, 0.717) is 12.5 Å². The molecular weight excluding hydrogens is 424 g/mol. The monoisotopic (exact) mass is 446 g/mol. The third-order valence-corrected chi connectivity index (χ3v) is 6.21. The first-order chi connectivity index (χ1) is 13.5. The molecule has 4 rings (SSSR count). The number of rotatable bonds is 3. The Kier molecular flexibility index (Phi) is 5.14. The van der Waals surface area contributed by atoms with Gasteiger partial charge in [-0.15, -0.1) is 0 Å². The third kappa shape index (κ3) is 3.30. The van der Waals surface area contributed by atoms with Crippen LogP contribution in [0, 0.1) is 5.92 Å². The lowest BCUT2D eigenvalue weighted by molar-refractivity contribution is 0.111. The molecule has 1 N–H and O–H groups in total. The molecule has 1 amide bonds. The lowest BCUT2D eigenvalue weighted by atomic mass is 9.86. The summed E-state index contributed by atoms with van der Waals surface area (Å²) in [5.41, 5.74) is 2.67. The van der Waals surface area contributed by atoms with Gasteiger partial charge in [-0.2, -0.15) is 0 Å². The first kappa shape index (κ1) is 19.0. The summed E-state index contributed by atoms with van der Waals surface area (Å²) in [6.07, 6.45) is 5.02. The Hall–Kier alpha value is -2.35. The lowest BCUT2D eigenvalue weighted by Gasteiger charge is -2.29. The van der Waals surface area contributed by atoms with E-state index in [1.165, 1.54) is 0 Å². The van der Waals surface area contributed by atoms with Crippen molar-refractivity contribution in [3.63, 3.8) is 0 Å².